The maximum absolute atomic E-state index is 13.3. The largest absolute Gasteiger partial charge is 0.330 e. The number of nitrogens with zero attached hydrogens (tertiary/aromatic N) is 3. The van der Waals surface area contributed by atoms with Crippen LogP contribution in [-0.4, -0.2) is 94.2 Å². The Morgan fingerprint density at radius 2 is 0.564 bits per heavy atom. The molecule has 11 heteroatoms. The molecule has 55 heavy (non-hydrogen) atoms. The summed E-state index contributed by atoms with van der Waals surface area (Å²) in [5.41, 5.74) is 5.80. The molecule has 0 atom stereocenters. The van der Waals surface area contributed by atoms with E-state index in [1.54, 1.807) is 0 Å². The standard InChI is InChI=1S/C44H94N4O4S2.ClH/c1-5-9-13-17-19-30-41-47(39-28-15-11-7-3)53(49,50)43-33-23-21-26-36-46(38-32-25-35-45)37-27-22-24-34-44-54(51,52)48(40-29-16-12-8-4)42-31-20-18-14-10-6-2;/h5-45H2,1-4H3;1H. The van der Waals surface area contributed by atoms with Crippen LogP contribution in [-0.2, 0) is 20.0 Å². The van der Waals surface area contributed by atoms with Gasteiger partial charge in [0.05, 0.1) is 11.5 Å². The quantitative estimate of drug-likeness (QED) is 0.0613. The second-order valence-electron chi connectivity index (χ2n) is 16.3. The van der Waals surface area contributed by atoms with Crippen LogP contribution in [0.1, 0.15) is 220 Å². The van der Waals surface area contributed by atoms with Crippen LogP contribution in [0.2, 0.25) is 0 Å². The maximum Gasteiger partial charge on any atom is 0.214 e. The minimum Gasteiger partial charge on any atom is -0.330 e. The molecular weight excluding hydrogens is 748 g/mol. The first kappa shape index (κ1) is 57.1. The van der Waals surface area contributed by atoms with E-state index in [0.717, 1.165) is 142 Å². The van der Waals surface area contributed by atoms with Crippen LogP contribution < -0.4 is 5.73 Å². The SMILES string of the molecule is CCCCCCCCN(CCCCCC)S(=O)(=O)CCCCCCN(CCCCN)CCCCCCS(=O)(=O)N(CCCCCC)CCCCCCCC.Cl. The second kappa shape index (κ2) is 40.8. The van der Waals surface area contributed by atoms with Crippen LogP contribution in [0.25, 0.3) is 0 Å². The van der Waals surface area contributed by atoms with Gasteiger partial charge in [0.15, 0.2) is 0 Å². The molecule has 0 saturated heterocycles. The van der Waals surface area contributed by atoms with Crippen molar-refractivity contribution in [3.8, 4) is 0 Å². The van der Waals surface area contributed by atoms with E-state index in [1.807, 2.05) is 8.61 Å². The highest BCUT2D eigenvalue weighted by Crippen LogP contribution is 2.16. The van der Waals surface area contributed by atoms with Gasteiger partial charge in [-0.25, -0.2) is 25.4 Å². The Balaban J connectivity index is 0. The molecule has 2 N–H and O–H groups in total. The molecule has 0 fully saturated rings. The average molecular weight is 844 g/mol. The lowest BCUT2D eigenvalue weighted by Crippen LogP contribution is -2.35. The molecule has 0 saturated carbocycles. The van der Waals surface area contributed by atoms with Crippen molar-refractivity contribution in [1.29, 1.82) is 0 Å². The Labute approximate surface area is 351 Å². The summed E-state index contributed by atoms with van der Waals surface area (Å²) in [6, 6.07) is 0. The zero-order valence-corrected chi connectivity index (χ0v) is 39.5. The summed E-state index contributed by atoms with van der Waals surface area (Å²) in [7, 11) is -6.41. The Hall–Kier alpha value is 0.0300. The van der Waals surface area contributed by atoms with E-state index >= 15 is 0 Å². The third-order valence-electron chi connectivity index (χ3n) is 11.0. The predicted octanol–water partition coefficient (Wildman–Crippen LogP) is 11.7. The first-order valence-electron chi connectivity index (χ1n) is 23.6. The topological polar surface area (TPSA) is 104 Å². The van der Waals surface area contributed by atoms with Crippen LogP contribution >= 0.6 is 12.4 Å². The van der Waals surface area contributed by atoms with Crippen molar-refractivity contribution in [2.45, 2.75) is 220 Å². The van der Waals surface area contributed by atoms with Gasteiger partial charge < -0.3 is 10.6 Å². The zero-order valence-electron chi connectivity index (χ0n) is 37.1. The third-order valence-corrected chi connectivity index (χ3v) is 14.9. The van der Waals surface area contributed by atoms with E-state index < -0.39 is 20.0 Å². The maximum atomic E-state index is 13.3. The van der Waals surface area contributed by atoms with Crippen LogP contribution in [0.5, 0.6) is 0 Å². The molecule has 0 unspecified atom stereocenters. The van der Waals surface area contributed by atoms with Crippen molar-refractivity contribution in [2.75, 3.05) is 63.9 Å². The lowest BCUT2D eigenvalue weighted by molar-refractivity contribution is 0.256. The van der Waals surface area contributed by atoms with E-state index in [2.05, 4.69) is 32.6 Å². The molecule has 334 valence electrons. The summed E-state index contributed by atoms with van der Waals surface area (Å²) in [4.78, 5) is 2.56. The third kappa shape index (κ3) is 34.6. The van der Waals surface area contributed by atoms with Gasteiger partial charge in [0.25, 0.3) is 0 Å². The number of sulfonamides is 2. The highest BCUT2D eigenvalue weighted by Gasteiger charge is 2.22. The van der Waals surface area contributed by atoms with Crippen molar-refractivity contribution in [1.82, 2.24) is 13.5 Å². The summed E-state index contributed by atoms with van der Waals surface area (Å²) >= 11 is 0. The molecule has 0 aliphatic rings. The summed E-state index contributed by atoms with van der Waals surface area (Å²) < 4.78 is 57.0. The molecule has 0 rings (SSSR count). The second-order valence-corrected chi connectivity index (χ2v) is 20.4. The molecule has 0 aromatic heterocycles. The molecule has 0 heterocycles. The number of unbranched alkanes of at least 4 members (excludes halogenated alkanes) is 23. The van der Waals surface area contributed by atoms with Crippen molar-refractivity contribution in [3.63, 3.8) is 0 Å². The summed E-state index contributed by atoms with van der Waals surface area (Å²) in [5, 5.41) is 0. The summed E-state index contributed by atoms with van der Waals surface area (Å²) in [6.45, 7) is 15.4. The molecule has 0 bridgehead atoms. The molecule has 0 aliphatic heterocycles. The van der Waals surface area contributed by atoms with Gasteiger partial charge in [-0.05, 0) is 90.4 Å². The van der Waals surface area contributed by atoms with Gasteiger partial charge in [0.1, 0.15) is 0 Å². The van der Waals surface area contributed by atoms with Gasteiger partial charge in [0, 0.05) is 26.2 Å². The van der Waals surface area contributed by atoms with Crippen molar-refractivity contribution < 1.29 is 16.8 Å². The number of halogens is 1. The zero-order chi connectivity index (χ0) is 40.0. The Kier molecular flexibility index (Phi) is 42.4. The smallest absolute Gasteiger partial charge is 0.214 e. The Morgan fingerprint density at radius 1 is 0.327 bits per heavy atom. The van der Waals surface area contributed by atoms with Crippen LogP contribution in [0.3, 0.4) is 0 Å². The molecule has 0 radical (unpaired) electrons. The van der Waals surface area contributed by atoms with E-state index in [0.29, 0.717) is 26.2 Å². The Morgan fingerprint density at radius 3 is 0.873 bits per heavy atom. The lowest BCUT2D eigenvalue weighted by Gasteiger charge is -2.23. The molecule has 0 aromatic rings. The van der Waals surface area contributed by atoms with Crippen molar-refractivity contribution in [2.24, 2.45) is 5.73 Å². The van der Waals surface area contributed by atoms with Gasteiger partial charge in [-0.15, -0.1) is 12.4 Å². The van der Waals surface area contributed by atoms with Gasteiger partial charge in [-0.3, -0.25) is 0 Å². The number of hydrogen-bond acceptors (Lipinski definition) is 6. The number of rotatable bonds is 44. The minimum atomic E-state index is -3.20. The molecule has 0 aliphatic carbocycles. The van der Waals surface area contributed by atoms with Crippen molar-refractivity contribution in [3.05, 3.63) is 0 Å². The van der Waals surface area contributed by atoms with E-state index in [4.69, 9.17) is 5.73 Å². The minimum absolute atomic E-state index is 0. The summed E-state index contributed by atoms with van der Waals surface area (Å²) in [6.07, 6.45) is 32.9. The van der Waals surface area contributed by atoms with Crippen LogP contribution in [0.15, 0.2) is 0 Å². The fraction of sp³-hybridized carbons (Fsp3) is 1.00. The van der Waals surface area contributed by atoms with Gasteiger partial charge in [-0.2, -0.15) is 0 Å². The van der Waals surface area contributed by atoms with Crippen LogP contribution in [0, 0.1) is 0 Å². The molecule has 8 nitrogen and oxygen atoms in total. The fourth-order valence-electron chi connectivity index (χ4n) is 7.37. The van der Waals surface area contributed by atoms with Gasteiger partial charge in [0.2, 0.25) is 20.0 Å². The molecule has 0 amide bonds. The first-order valence-corrected chi connectivity index (χ1v) is 26.8. The van der Waals surface area contributed by atoms with Gasteiger partial charge >= 0.3 is 0 Å². The highest BCUT2D eigenvalue weighted by atomic mass is 35.5. The molecule has 0 aromatic carbocycles. The van der Waals surface area contributed by atoms with Gasteiger partial charge in [-0.1, -0.05) is 156 Å². The average Bonchev–Trinajstić information content (AvgIpc) is 3.15. The highest BCUT2D eigenvalue weighted by molar-refractivity contribution is 7.89. The molecular formula is C44H95ClN4O4S2. The number of hydrogen-bond donors (Lipinski definition) is 1. The molecule has 0 spiro atoms. The lowest BCUT2D eigenvalue weighted by atomic mass is 10.1. The normalized spacial score (nSPS) is 12.4. The van der Waals surface area contributed by atoms with E-state index in [1.165, 1.54) is 77.0 Å². The first-order chi connectivity index (χ1) is 26.2. The van der Waals surface area contributed by atoms with E-state index in [-0.39, 0.29) is 23.9 Å². The monoisotopic (exact) mass is 843 g/mol. The van der Waals surface area contributed by atoms with Crippen LogP contribution in [0.4, 0.5) is 0 Å². The summed E-state index contributed by atoms with van der Waals surface area (Å²) in [5.74, 6) is 0.560. The fourth-order valence-corrected chi connectivity index (χ4v) is 10.7. The predicted molar refractivity (Wildman–Crippen MR) is 245 cm³/mol. The van der Waals surface area contributed by atoms with Crippen molar-refractivity contribution >= 4 is 32.5 Å². The van der Waals surface area contributed by atoms with E-state index in [9.17, 15) is 16.8 Å². The number of nitrogens with two attached hydrogens (primary N) is 1. The Bertz CT molecular complexity index is 930.